The summed E-state index contributed by atoms with van der Waals surface area (Å²) in [7, 11) is -4.02. The molecular weight excluding hydrogens is 618 g/mol. The van der Waals surface area contributed by atoms with Crippen LogP contribution in [0.25, 0.3) is 0 Å². The van der Waals surface area contributed by atoms with Crippen LogP contribution in [0.2, 0.25) is 0 Å². The van der Waals surface area contributed by atoms with Gasteiger partial charge < -0.3 is 20.5 Å². The van der Waals surface area contributed by atoms with Crippen LogP contribution in [0, 0.1) is 12.8 Å². The normalized spacial score (nSPS) is 15.9. The van der Waals surface area contributed by atoms with Gasteiger partial charge in [-0.1, -0.05) is 29.8 Å². The zero-order valence-corrected chi connectivity index (χ0v) is 26.5. The van der Waals surface area contributed by atoms with Crippen molar-refractivity contribution in [3.8, 4) is 0 Å². The molecule has 0 radical (unpaired) electrons. The molecule has 2 aromatic carbocycles. The number of amides is 2. The number of esters is 2. The van der Waals surface area contributed by atoms with Gasteiger partial charge in [0.05, 0.1) is 18.1 Å². The summed E-state index contributed by atoms with van der Waals surface area (Å²) in [4.78, 5) is 57.0. The molecule has 1 unspecified atom stereocenters. The number of nitrogens with zero attached hydrogens (tertiary/aromatic N) is 2. The molecule has 2 aliphatic heterocycles. The Morgan fingerprint density at radius 1 is 1.02 bits per heavy atom. The average molecular weight is 656 g/mol. The Labute approximate surface area is 266 Å². The zero-order valence-electron chi connectivity index (χ0n) is 25.7. The molecule has 4 rings (SSSR count). The fraction of sp³-hybridized carbons (Fsp3) is 0.355. The van der Waals surface area contributed by atoms with Gasteiger partial charge in [0.15, 0.2) is 0 Å². The van der Waals surface area contributed by atoms with E-state index in [4.69, 9.17) is 19.8 Å². The quantitative estimate of drug-likeness (QED) is 0.193. The number of amidine groups is 1. The monoisotopic (exact) mass is 655 g/mol. The highest BCUT2D eigenvalue weighted by Gasteiger charge is 2.35. The minimum atomic E-state index is -4.02. The van der Waals surface area contributed by atoms with Crippen LogP contribution in [0.3, 0.4) is 0 Å². The minimum Gasteiger partial charge on any atom is -0.466 e. The first-order valence-electron chi connectivity index (χ1n) is 14.5. The first kappa shape index (κ1) is 35.6. The van der Waals surface area contributed by atoms with Gasteiger partial charge in [-0.05, 0) is 75.4 Å². The standard InChI is InChI=1S/C24H29N5O6.C7H8O3S/c1-3-34-18(30)12-11-17(23(33)35-4-2)27-21(31)15-8-5-14(6-9-15)7-10-16-13-26-20-19(16)22(32)29-24(25)28-20;1-6-2-4-7(5-3-6)11(8,9)10/h5-6,8-9,13,17,19H,3-4,7,10-12H2,1-2H3,(H,27,31)(H3,25,26,28,29,32);2-5H,1H3,(H,8,9,10)/t17-,19?;/m0./s1. The van der Waals surface area contributed by atoms with Gasteiger partial charge in [-0.3, -0.25) is 24.3 Å². The maximum Gasteiger partial charge on any atom is 0.328 e. The van der Waals surface area contributed by atoms with Crippen LogP contribution in [-0.2, 0) is 40.4 Å². The highest BCUT2D eigenvalue weighted by molar-refractivity contribution is 7.85. The largest absolute Gasteiger partial charge is 0.466 e. The van der Waals surface area contributed by atoms with Gasteiger partial charge in [0, 0.05) is 18.2 Å². The van der Waals surface area contributed by atoms with Crippen LogP contribution in [0.5, 0.6) is 0 Å². The maximum absolute atomic E-state index is 12.7. The SMILES string of the molecule is CCOC(=O)CC[C@H](NC(=O)c1ccc(CCC2=CN=C3N=C(N)NC(=O)C23)cc1)C(=O)OCC.Cc1ccc(S(=O)(=O)O)cc1. The van der Waals surface area contributed by atoms with Crippen molar-refractivity contribution < 1.29 is 41.6 Å². The summed E-state index contributed by atoms with van der Waals surface area (Å²) in [5, 5.41) is 5.15. The van der Waals surface area contributed by atoms with Gasteiger partial charge >= 0.3 is 11.9 Å². The van der Waals surface area contributed by atoms with E-state index in [9.17, 15) is 27.6 Å². The average Bonchev–Trinajstić information content (AvgIpc) is 3.41. The Morgan fingerprint density at radius 3 is 2.28 bits per heavy atom. The highest BCUT2D eigenvalue weighted by atomic mass is 32.2. The van der Waals surface area contributed by atoms with E-state index in [2.05, 4.69) is 20.6 Å². The fourth-order valence-electron chi connectivity index (χ4n) is 4.45. The summed E-state index contributed by atoms with van der Waals surface area (Å²) in [6.45, 7) is 5.60. The van der Waals surface area contributed by atoms with Crippen molar-refractivity contribution in [3.05, 3.63) is 77.0 Å². The number of carbonyl (C=O) groups excluding carboxylic acids is 4. The molecule has 14 nitrogen and oxygen atoms in total. The number of guanidine groups is 1. The van der Waals surface area contributed by atoms with Gasteiger partial charge in [-0.15, -0.1) is 0 Å². The summed E-state index contributed by atoms with van der Waals surface area (Å²) in [5.74, 6) is -1.84. The lowest BCUT2D eigenvalue weighted by molar-refractivity contribution is -0.146. The van der Waals surface area contributed by atoms with Crippen molar-refractivity contribution in [2.24, 2.45) is 21.6 Å². The van der Waals surface area contributed by atoms with Crippen molar-refractivity contribution in [2.75, 3.05) is 13.2 Å². The molecule has 2 aromatic rings. The van der Waals surface area contributed by atoms with Gasteiger partial charge in [0.1, 0.15) is 17.8 Å². The third-order valence-electron chi connectivity index (χ3n) is 6.80. The van der Waals surface area contributed by atoms with Crippen molar-refractivity contribution >= 4 is 45.7 Å². The number of nitrogens with two attached hydrogens (primary N) is 1. The molecule has 2 atom stereocenters. The van der Waals surface area contributed by atoms with E-state index in [1.54, 1.807) is 56.4 Å². The Balaban J connectivity index is 0.000000441. The Kier molecular flexibility index (Phi) is 12.7. The molecule has 0 saturated carbocycles. The molecule has 2 aliphatic rings. The van der Waals surface area contributed by atoms with Crippen LogP contribution in [0.15, 0.2) is 75.2 Å². The van der Waals surface area contributed by atoms with Gasteiger partial charge in [0.25, 0.3) is 16.0 Å². The van der Waals surface area contributed by atoms with Crippen LogP contribution in [0.4, 0.5) is 0 Å². The predicted molar refractivity (Wildman–Crippen MR) is 168 cm³/mol. The van der Waals surface area contributed by atoms with Gasteiger partial charge in [0.2, 0.25) is 11.9 Å². The van der Waals surface area contributed by atoms with Crippen molar-refractivity contribution in [2.45, 2.75) is 57.4 Å². The second-order valence-corrected chi connectivity index (χ2v) is 11.6. The molecule has 0 aromatic heterocycles. The summed E-state index contributed by atoms with van der Waals surface area (Å²) in [5.41, 5.74) is 8.69. The lowest BCUT2D eigenvalue weighted by atomic mass is 9.93. The van der Waals surface area contributed by atoms with Crippen molar-refractivity contribution in [1.29, 1.82) is 0 Å². The number of nitrogens with one attached hydrogen (secondary N) is 2. The summed E-state index contributed by atoms with van der Waals surface area (Å²) in [6.07, 6.45) is 2.92. The predicted octanol–water partition coefficient (Wildman–Crippen LogP) is 2.22. The second-order valence-electron chi connectivity index (χ2n) is 10.2. The summed E-state index contributed by atoms with van der Waals surface area (Å²) >= 11 is 0. The Morgan fingerprint density at radius 2 is 1.67 bits per heavy atom. The molecule has 5 N–H and O–H groups in total. The number of benzene rings is 2. The number of fused-ring (bicyclic) bond motifs is 1. The fourth-order valence-corrected chi connectivity index (χ4v) is 4.93. The number of ether oxygens (including phenoxy) is 2. The smallest absolute Gasteiger partial charge is 0.328 e. The van der Waals surface area contributed by atoms with Gasteiger partial charge in [-0.25, -0.2) is 9.79 Å². The molecule has 46 heavy (non-hydrogen) atoms. The molecule has 2 amide bonds. The van der Waals surface area contributed by atoms with E-state index in [1.807, 2.05) is 6.92 Å². The van der Waals surface area contributed by atoms with E-state index < -0.39 is 39.9 Å². The molecule has 15 heteroatoms. The Hall–Kier alpha value is -4.89. The first-order chi connectivity index (χ1) is 21.8. The zero-order chi connectivity index (χ0) is 33.9. The summed E-state index contributed by atoms with van der Waals surface area (Å²) in [6, 6.07) is 11.9. The molecule has 2 heterocycles. The van der Waals surface area contributed by atoms with Gasteiger partial charge in [-0.2, -0.15) is 13.4 Å². The molecule has 246 valence electrons. The minimum absolute atomic E-state index is 0.0191. The molecule has 0 aliphatic carbocycles. The van der Waals surface area contributed by atoms with E-state index in [0.717, 1.165) is 16.7 Å². The third kappa shape index (κ3) is 10.3. The highest BCUT2D eigenvalue weighted by Crippen LogP contribution is 2.27. The van der Waals surface area contributed by atoms with Crippen LogP contribution >= 0.6 is 0 Å². The number of aliphatic imine (C=N–C) groups is 2. The molecule has 0 fully saturated rings. The van der Waals surface area contributed by atoms with E-state index in [-0.39, 0.29) is 42.8 Å². The van der Waals surface area contributed by atoms with Crippen molar-refractivity contribution in [1.82, 2.24) is 10.6 Å². The van der Waals surface area contributed by atoms with E-state index in [0.29, 0.717) is 24.2 Å². The van der Waals surface area contributed by atoms with Crippen LogP contribution in [0.1, 0.15) is 54.6 Å². The molecular formula is C31H37N5O9S. The molecule has 0 saturated heterocycles. The third-order valence-corrected chi connectivity index (χ3v) is 7.66. The number of aryl methyl sites for hydroxylation is 2. The molecule has 0 spiro atoms. The Bertz CT molecular complexity index is 1630. The lowest BCUT2D eigenvalue weighted by Crippen LogP contribution is -2.47. The second kappa shape index (κ2) is 16.4. The van der Waals surface area contributed by atoms with E-state index >= 15 is 0 Å². The maximum atomic E-state index is 12.7. The molecule has 0 bridgehead atoms. The summed E-state index contributed by atoms with van der Waals surface area (Å²) < 4.78 is 39.5. The number of hydrogen-bond donors (Lipinski definition) is 4. The van der Waals surface area contributed by atoms with E-state index in [1.165, 1.54) is 12.1 Å². The first-order valence-corrected chi connectivity index (χ1v) is 15.9. The topological polar surface area (TPSA) is 216 Å². The number of carbonyl (C=O) groups is 4. The van der Waals surface area contributed by atoms with Crippen LogP contribution < -0.4 is 16.4 Å². The van der Waals surface area contributed by atoms with Crippen molar-refractivity contribution in [3.63, 3.8) is 0 Å². The number of rotatable bonds is 12. The number of hydrogen-bond acceptors (Lipinski definition) is 11. The van der Waals surface area contributed by atoms with Crippen LogP contribution in [-0.4, -0.2) is 67.8 Å². The lowest BCUT2D eigenvalue weighted by Gasteiger charge is -2.19.